The van der Waals surface area contributed by atoms with Crippen LogP contribution in [0.1, 0.15) is 39.2 Å². The number of hydrogen-bond acceptors (Lipinski definition) is 5. The average molecular weight is 327 g/mol. The zero-order valence-electron chi connectivity index (χ0n) is 13.5. The van der Waals surface area contributed by atoms with Crippen LogP contribution in [0.15, 0.2) is 6.20 Å². The maximum absolute atomic E-state index is 11.8. The van der Waals surface area contributed by atoms with E-state index >= 15 is 0 Å². The number of nitrogens with one attached hydrogen (secondary N) is 1. The molecule has 0 radical (unpaired) electrons. The molecule has 0 spiro atoms. The third-order valence-corrected chi connectivity index (χ3v) is 3.78. The molecule has 22 heavy (non-hydrogen) atoms. The maximum atomic E-state index is 11.8. The number of halogens is 1. The molecule has 0 aliphatic carbocycles. The SMILES string of the molecule is Cc1cnc(N2CCC(NC(=O)OC(C)(C)C)CC2)nc1Cl. The smallest absolute Gasteiger partial charge is 0.407 e. The van der Waals surface area contributed by atoms with Crippen molar-refractivity contribution < 1.29 is 9.53 Å². The molecule has 0 aromatic carbocycles. The summed E-state index contributed by atoms with van der Waals surface area (Å²) in [7, 11) is 0. The minimum atomic E-state index is -0.475. The second-order valence-electron chi connectivity index (χ2n) is 6.55. The number of aromatic nitrogens is 2. The lowest BCUT2D eigenvalue weighted by atomic mass is 10.1. The summed E-state index contributed by atoms with van der Waals surface area (Å²) in [5.74, 6) is 0.645. The third kappa shape index (κ3) is 4.73. The number of nitrogens with zero attached hydrogens (tertiary/aromatic N) is 3. The minimum Gasteiger partial charge on any atom is -0.444 e. The summed E-state index contributed by atoms with van der Waals surface area (Å²) in [5, 5.41) is 3.40. The average Bonchev–Trinajstić information content (AvgIpc) is 2.40. The number of ether oxygens (including phenoxy) is 1. The van der Waals surface area contributed by atoms with Crippen LogP contribution >= 0.6 is 11.6 Å². The summed E-state index contributed by atoms with van der Waals surface area (Å²) >= 11 is 6.04. The van der Waals surface area contributed by atoms with Crippen molar-refractivity contribution in [2.45, 2.75) is 52.2 Å². The van der Waals surface area contributed by atoms with E-state index in [9.17, 15) is 4.79 Å². The molecule has 1 aromatic heterocycles. The highest BCUT2D eigenvalue weighted by Gasteiger charge is 2.24. The van der Waals surface area contributed by atoms with E-state index in [1.165, 1.54) is 0 Å². The second kappa shape index (κ2) is 6.69. The van der Waals surface area contributed by atoms with Crippen molar-refractivity contribution >= 4 is 23.6 Å². The molecule has 1 aliphatic heterocycles. The summed E-state index contributed by atoms with van der Waals surface area (Å²) in [6, 6.07) is 0.118. The molecule has 0 saturated carbocycles. The Balaban J connectivity index is 1.85. The summed E-state index contributed by atoms with van der Waals surface area (Å²) in [6.07, 6.45) is 3.03. The van der Waals surface area contributed by atoms with Crippen LogP contribution in [0.4, 0.5) is 10.7 Å². The van der Waals surface area contributed by atoms with Crippen LogP contribution < -0.4 is 10.2 Å². The number of aryl methyl sites for hydroxylation is 1. The molecule has 1 aromatic rings. The first-order valence-corrected chi connectivity index (χ1v) is 7.86. The van der Waals surface area contributed by atoms with Gasteiger partial charge in [0, 0.05) is 30.9 Å². The molecule has 7 heteroatoms. The van der Waals surface area contributed by atoms with Gasteiger partial charge >= 0.3 is 6.09 Å². The lowest BCUT2D eigenvalue weighted by Crippen LogP contribution is -2.46. The van der Waals surface area contributed by atoms with Crippen molar-refractivity contribution in [2.75, 3.05) is 18.0 Å². The summed E-state index contributed by atoms with van der Waals surface area (Å²) < 4.78 is 5.28. The number of rotatable bonds is 2. The van der Waals surface area contributed by atoms with Gasteiger partial charge in [-0.25, -0.2) is 14.8 Å². The van der Waals surface area contributed by atoms with E-state index in [1.54, 1.807) is 6.20 Å². The molecular weight excluding hydrogens is 304 g/mol. The van der Waals surface area contributed by atoms with E-state index in [0.29, 0.717) is 11.1 Å². The van der Waals surface area contributed by atoms with Crippen LogP contribution in [0.2, 0.25) is 5.15 Å². The van der Waals surface area contributed by atoms with Crippen molar-refractivity contribution in [3.05, 3.63) is 16.9 Å². The van der Waals surface area contributed by atoms with E-state index < -0.39 is 5.60 Å². The predicted octanol–water partition coefficient (Wildman–Crippen LogP) is 2.93. The summed E-state index contributed by atoms with van der Waals surface area (Å²) in [5.41, 5.74) is 0.393. The number of hydrogen-bond donors (Lipinski definition) is 1. The molecule has 0 atom stereocenters. The van der Waals surface area contributed by atoms with Crippen molar-refractivity contribution in [3.8, 4) is 0 Å². The van der Waals surface area contributed by atoms with Gasteiger partial charge in [-0.15, -0.1) is 0 Å². The van der Waals surface area contributed by atoms with Crippen molar-refractivity contribution in [1.29, 1.82) is 0 Å². The number of carbonyl (C=O) groups excluding carboxylic acids is 1. The number of amides is 1. The molecule has 2 rings (SSSR count). The third-order valence-electron chi connectivity index (χ3n) is 3.40. The van der Waals surface area contributed by atoms with Gasteiger partial charge in [0.1, 0.15) is 10.8 Å². The summed E-state index contributed by atoms with van der Waals surface area (Å²) in [6.45, 7) is 9.00. The normalized spacial score (nSPS) is 16.5. The Morgan fingerprint density at radius 2 is 2.05 bits per heavy atom. The topological polar surface area (TPSA) is 67.4 Å². The molecule has 0 unspecified atom stereocenters. The molecule has 1 aliphatic rings. The molecule has 0 bridgehead atoms. The highest BCUT2D eigenvalue weighted by Crippen LogP contribution is 2.19. The lowest BCUT2D eigenvalue weighted by Gasteiger charge is -2.32. The first-order chi connectivity index (χ1) is 10.2. The van der Waals surface area contributed by atoms with Crippen molar-refractivity contribution in [2.24, 2.45) is 0 Å². The predicted molar refractivity (Wildman–Crippen MR) is 86.4 cm³/mol. The van der Waals surface area contributed by atoms with Gasteiger partial charge in [-0.05, 0) is 40.5 Å². The zero-order chi connectivity index (χ0) is 16.3. The highest BCUT2D eigenvalue weighted by atomic mass is 35.5. The molecule has 1 fully saturated rings. The van der Waals surface area contributed by atoms with Gasteiger partial charge in [-0.2, -0.15) is 0 Å². The zero-order valence-corrected chi connectivity index (χ0v) is 14.3. The van der Waals surface area contributed by atoms with Gasteiger partial charge in [0.2, 0.25) is 5.95 Å². The largest absolute Gasteiger partial charge is 0.444 e. The van der Waals surface area contributed by atoms with Gasteiger partial charge < -0.3 is 15.0 Å². The minimum absolute atomic E-state index is 0.118. The first kappa shape index (κ1) is 16.8. The molecule has 1 N–H and O–H groups in total. The fourth-order valence-corrected chi connectivity index (χ4v) is 2.39. The molecule has 122 valence electrons. The standard InChI is InChI=1S/C15H23ClN4O2/c1-10-9-17-13(19-12(10)16)20-7-5-11(6-8-20)18-14(21)22-15(2,3)4/h9,11H,5-8H2,1-4H3,(H,18,21). The molecule has 1 amide bonds. The van der Waals surface area contributed by atoms with E-state index in [-0.39, 0.29) is 12.1 Å². The molecule has 2 heterocycles. The van der Waals surface area contributed by atoms with Gasteiger partial charge in [-0.1, -0.05) is 11.6 Å². The fourth-order valence-electron chi connectivity index (χ4n) is 2.26. The van der Waals surface area contributed by atoms with Crippen molar-refractivity contribution in [1.82, 2.24) is 15.3 Å². The first-order valence-electron chi connectivity index (χ1n) is 7.48. The Morgan fingerprint density at radius 3 is 2.59 bits per heavy atom. The Labute approximate surface area is 136 Å². The van der Waals surface area contributed by atoms with Crippen LogP contribution in [0.5, 0.6) is 0 Å². The fraction of sp³-hybridized carbons (Fsp3) is 0.667. The van der Waals surface area contributed by atoms with E-state index in [1.807, 2.05) is 27.7 Å². The molecule has 6 nitrogen and oxygen atoms in total. The Hall–Kier alpha value is -1.56. The quantitative estimate of drug-likeness (QED) is 0.846. The van der Waals surface area contributed by atoms with Crippen LogP contribution in [-0.4, -0.2) is 40.8 Å². The monoisotopic (exact) mass is 326 g/mol. The van der Waals surface area contributed by atoms with Crippen LogP contribution in [-0.2, 0) is 4.74 Å². The Morgan fingerprint density at radius 1 is 1.41 bits per heavy atom. The Kier molecular flexibility index (Phi) is 5.11. The van der Waals surface area contributed by atoms with Crippen LogP contribution in [0.3, 0.4) is 0 Å². The van der Waals surface area contributed by atoms with Gasteiger partial charge in [0.15, 0.2) is 0 Å². The number of anilines is 1. The maximum Gasteiger partial charge on any atom is 0.407 e. The molecular formula is C15H23ClN4O2. The number of carbonyl (C=O) groups is 1. The number of alkyl carbamates (subject to hydrolysis) is 1. The van der Waals surface area contributed by atoms with Crippen molar-refractivity contribution in [3.63, 3.8) is 0 Å². The summed E-state index contributed by atoms with van der Waals surface area (Å²) in [4.78, 5) is 22.5. The van der Waals surface area contributed by atoms with Gasteiger partial charge in [-0.3, -0.25) is 0 Å². The van der Waals surface area contributed by atoms with E-state index in [4.69, 9.17) is 16.3 Å². The van der Waals surface area contributed by atoms with Gasteiger partial charge in [0.25, 0.3) is 0 Å². The molecule has 1 saturated heterocycles. The van der Waals surface area contributed by atoms with Crippen LogP contribution in [0, 0.1) is 6.92 Å². The van der Waals surface area contributed by atoms with Gasteiger partial charge in [0.05, 0.1) is 0 Å². The number of piperidine rings is 1. The Bertz CT molecular complexity index is 537. The van der Waals surface area contributed by atoms with E-state index in [2.05, 4.69) is 20.2 Å². The van der Waals surface area contributed by atoms with E-state index in [0.717, 1.165) is 31.5 Å². The lowest BCUT2D eigenvalue weighted by molar-refractivity contribution is 0.0497. The second-order valence-corrected chi connectivity index (χ2v) is 6.91. The highest BCUT2D eigenvalue weighted by molar-refractivity contribution is 6.30. The van der Waals surface area contributed by atoms with Crippen LogP contribution in [0.25, 0.3) is 0 Å².